The third-order valence-electron chi connectivity index (χ3n) is 13.5. The van der Waals surface area contributed by atoms with Gasteiger partial charge in [-0.2, -0.15) is 0 Å². The molecule has 3 N–H and O–H groups in total. The number of hydrogen-bond donors (Lipinski definition) is 3. The van der Waals surface area contributed by atoms with Crippen molar-refractivity contribution in [3.63, 3.8) is 0 Å². The van der Waals surface area contributed by atoms with Crippen molar-refractivity contribution in [2.75, 3.05) is 33.0 Å². The Morgan fingerprint density at radius 1 is 0.569 bits per heavy atom. The van der Waals surface area contributed by atoms with Crippen LogP contribution in [0.25, 0.3) is 0 Å². The van der Waals surface area contributed by atoms with E-state index in [1.54, 1.807) is 41.5 Å². The van der Waals surface area contributed by atoms with Gasteiger partial charge in [0, 0.05) is 30.6 Å². The van der Waals surface area contributed by atoms with Crippen LogP contribution >= 0.6 is 0 Å². The number of esters is 1. The first-order valence-electron chi connectivity index (χ1n) is 25.9. The van der Waals surface area contributed by atoms with Crippen molar-refractivity contribution in [3.8, 4) is 0 Å². The summed E-state index contributed by atoms with van der Waals surface area (Å²) in [6.07, 6.45) is 21.8. The van der Waals surface area contributed by atoms with Crippen molar-refractivity contribution in [2.45, 2.75) is 284 Å². The number of carbonyl (C=O) groups is 1. The largest absolute Gasteiger partial charge is 0.460 e. The number of unbranched alkanes of at least 4 members (excludes halogenated alkanes) is 10. The van der Waals surface area contributed by atoms with Crippen LogP contribution in [-0.4, -0.2) is 105 Å². The molecule has 4 unspecified atom stereocenters. The zero-order valence-electron chi connectivity index (χ0n) is 45.4. The maximum atomic E-state index is 13.0. The monoisotopic (exact) mass is 927 g/mol. The van der Waals surface area contributed by atoms with Gasteiger partial charge in [-0.15, -0.1) is 0 Å². The highest BCUT2D eigenvalue weighted by Gasteiger charge is 2.58. The van der Waals surface area contributed by atoms with E-state index in [-0.39, 0.29) is 29.8 Å². The van der Waals surface area contributed by atoms with Gasteiger partial charge in [0.2, 0.25) is 0 Å². The van der Waals surface area contributed by atoms with E-state index in [1.165, 1.54) is 51.4 Å². The van der Waals surface area contributed by atoms with E-state index >= 15 is 0 Å². The van der Waals surface area contributed by atoms with Crippen LogP contribution in [0.15, 0.2) is 12.2 Å². The summed E-state index contributed by atoms with van der Waals surface area (Å²) in [5.74, 6) is -0.581. The third kappa shape index (κ3) is 27.6. The third-order valence-corrected chi connectivity index (χ3v) is 13.5. The standard InChI is InChI=1S/C55H106O10/c1-18-19-20-21-22-23-24-25-26-27-28-29-30-31-32-45(56)65-51(8,9)36-40-61-52(10,11)41-43(53(12,13)62-37-33-48(2,3)57)47-46(55(16,17)64-39-35-50(6,7)59)44(42-60-47)54(14,15)63-38-34-49(4,5)58/h24-25,43-44,46-47,57-59H,18-23,26-42H2,1-17H3/b25-24-. The second-order valence-electron chi connectivity index (χ2n) is 24.4. The van der Waals surface area contributed by atoms with Crippen molar-refractivity contribution in [1.82, 2.24) is 0 Å². The summed E-state index contributed by atoms with van der Waals surface area (Å²) in [5, 5.41) is 31.7. The quantitative estimate of drug-likeness (QED) is 0.0314. The number of carbonyl (C=O) groups excluding carboxylic acids is 1. The molecule has 1 heterocycles. The summed E-state index contributed by atoms with van der Waals surface area (Å²) in [6, 6.07) is 0. The van der Waals surface area contributed by atoms with E-state index in [2.05, 4.69) is 74.5 Å². The molecule has 0 radical (unpaired) electrons. The van der Waals surface area contributed by atoms with Crippen LogP contribution in [0, 0.1) is 17.8 Å². The zero-order chi connectivity index (χ0) is 49.8. The highest BCUT2D eigenvalue weighted by molar-refractivity contribution is 5.69. The fourth-order valence-electron chi connectivity index (χ4n) is 9.03. The predicted molar refractivity (Wildman–Crippen MR) is 267 cm³/mol. The Morgan fingerprint density at radius 3 is 1.52 bits per heavy atom. The maximum absolute atomic E-state index is 13.0. The molecule has 65 heavy (non-hydrogen) atoms. The van der Waals surface area contributed by atoms with Gasteiger partial charge < -0.3 is 43.7 Å². The normalized spacial score (nSPS) is 19.1. The number of rotatable bonds is 37. The molecule has 1 rings (SSSR count). The van der Waals surface area contributed by atoms with Crippen molar-refractivity contribution >= 4 is 5.97 Å². The lowest BCUT2D eigenvalue weighted by atomic mass is 9.65. The number of aliphatic hydroxyl groups is 3. The second-order valence-corrected chi connectivity index (χ2v) is 24.4. The van der Waals surface area contributed by atoms with Gasteiger partial charge in [0.25, 0.3) is 0 Å². The van der Waals surface area contributed by atoms with Crippen LogP contribution in [-0.2, 0) is 33.2 Å². The van der Waals surface area contributed by atoms with E-state index in [0.717, 1.165) is 25.7 Å². The van der Waals surface area contributed by atoms with E-state index in [9.17, 15) is 20.1 Å². The maximum Gasteiger partial charge on any atom is 0.306 e. The molecule has 1 fully saturated rings. The SMILES string of the molecule is CCCCCCC/C=C\CCCCCCCC(=O)OC(C)(C)CCOC(C)(C)CC(C1OCC(C(C)(C)OCCC(C)(C)O)C1C(C)(C)OCCC(C)(C)O)C(C)(C)OCCC(C)(C)O. The first-order valence-corrected chi connectivity index (χ1v) is 25.9. The minimum atomic E-state index is -0.882. The molecule has 1 aliphatic heterocycles. The molecule has 1 aliphatic rings. The van der Waals surface area contributed by atoms with Crippen molar-refractivity contribution < 1.29 is 48.5 Å². The molecule has 0 aromatic carbocycles. The summed E-state index contributed by atoms with van der Waals surface area (Å²) < 4.78 is 39.8. The summed E-state index contributed by atoms with van der Waals surface area (Å²) in [6.45, 7) is 35.8. The van der Waals surface area contributed by atoms with Gasteiger partial charge in [-0.1, -0.05) is 64.0 Å². The molecule has 10 nitrogen and oxygen atoms in total. The molecule has 0 aliphatic carbocycles. The smallest absolute Gasteiger partial charge is 0.306 e. The van der Waals surface area contributed by atoms with Gasteiger partial charge in [-0.25, -0.2) is 0 Å². The molecule has 0 aromatic heterocycles. The minimum absolute atomic E-state index is 0.0809. The topological polar surface area (TPSA) is 133 Å². The van der Waals surface area contributed by atoms with E-state index in [4.69, 9.17) is 28.4 Å². The Labute approximate surface area is 400 Å². The first kappa shape index (κ1) is 61.9. The molecule has 10 heteroatoms. The minimum Gasteiger partial charge on any atom is -0.460 e. The van der Waals surface area contributed by atoms with Crippen LogP contribution in [0.5, 0.6) is 0 Å². The van der Waals surface area contributed by atoms with Crippen molar-refractivity contribution in [1.29, 1.82) is 0 Å². The van der Waals surface area contributed by atoms with Gasteiger partial charge in [0.05, 0.1) is 78.3 Å². The van der Waals surface area contributed by atoms with E-state index in [1.807, 2.05) is 13.8 Å². The zero-order valence-corrected chi connectivity index (χ0v) is 45.4. The van der Waals surface area contributed by atoms with Gasteiger partial charge in [0.15, 0.2) is 0 Å². The fourth-order valence-corrected chi connectivity index (χ4v) is 9.03. The predicted octanol–water partition coefficient (Wildman–Crippen LogP) is 12.6. The number of ether oxygens (including phenoxy) is 6. The van der Waals surface area contributed by atoms with Crippen LogP contribution in [0.2, 0.25) is 0 Å². The summed E-state index contributed by atoms with van der Waals surface area (Å²) in [5.41, 5.74) is -5.95. The molecular weight excluding hydrogens is 821 g/mol. The van der Waals surface area contributed by atoms with E-state index in [0.29, 0.717) is 71.6 Å². The molecule has 386 valence electrons. The van der Waals surface area contributed by atoms with Crippen LogP contribution in [0.4, 0.5) is 0 Å². The Hall–Kier alpha value is -1.11. The van der Waals surface area contributed by atoms with Crippen molar-refractivity contribution in [2.24, 2.45) is 17.8 Å². The molecular formula is C55H106O10. The number of allylic oxidation sites excluding steroid dienone is 2. The lowest BCUT2D eigenvalue weighted by Gasteiger charge is -2.48. The molecule has 0 amide bonds. The molecule has 0 spiro atoms. The van der Waals surface area contributed by atoms with Gasteiger partial charge in [0.1, 0.15) is 5.60 Å². The summed E-state index contributed by atoms with van der Waals surface area (Å²) in [7, 11) is 0. The Morgan fingerprint density at radius 2 is 1.02 bits per heavy atom. The average Bonchev–Trinajstić information content (AvgIpc) is 3.59. The van der Waals surface area contributed by atoms with Crippen LogP contribution in [0.3, 0.4) is 0 Å². The van der Waals surface area contributed by atoms with Crippen LogP contribution in [0.1, 0.15) is 233 Å². The molecule has 1 saturated heterocycles. The fraction of sp³-hybridized carbons (Fsp3) is 0.945. The van der Waals surface area contributed by atoms with E-state index < -0.39 is 44.8 Å². The second kappa shape index (κ2) is 27.9. The highest BCUT2D eigenvalue weighted by atomic mass is 16.6. The first-order chi connectivity index (χ1) is 29.7. The Kier molecular flexibility index (Phi) is 26.6. The van der Waals surface area contributed by atoms with Crippen LogP contribution < -0.4 is 0 Å². The summed E-state index contributed by atoms with van der Waals surface area (Å²) in [4.78, 5) is 13.0. The molecule has 0 aromatic rings. The number of hydrogen-bond acceptors (Lipinski definition) is 10. The molecule has 0 bridgehead atoms. The molecule has 0 saturated carbocycles. The van der Waals surface area contributed by atoms with Crippen molar-refractivity contribution in [3.05, 3.63) is 12.2 Å². The Bertz CT molecular complexity index is 1310. The summed E-state index contributed by atoms with van der Waals surface area (Å²) >= 11 is 0. The average molecular weight is 927 g/mol. The lowest BCUT2D eigenvalue weighted by molar-refractivity contribution is -0.175. The molecule has 4 atom stereocenters. The van der Waals surface area contributed by atoms with Gasteiger partial charge in [-0.3, -0.25) is 4.79 Å². The Balaban J connectivity index is 3.10. The lowest BCUT2D eigenvalue weighted by Crippen LogP contribution is -2.55. The van der Waals surface area contributed by atoms with Gasteiger partial charge in [-0.05, 0) is 169 Å². The highest BCUT2D eigenvalue weighted by Crippen LogP contribution is 2.50. The van der Waals surface area contributed by atoms with Gasteiger partial charge >= 0.3 is 5.97 Å².